The van der Waals surface area contributed by atoms with E-state index in [4.69, 9.17) is 0 Å². The molecule has 2 aromatic rings. The van der Waals surface area contributed by atoms with Crippen LogP contribution in [0.2, 0.25) is 0 Å². The summed E-state index contributed by atoms with van der Waals surface area (Å²) < 4.78 is 0. The summed E-state index contributed by atoms with van der Waals surface area (Å²) in [6, 6.07) is 8.54. The van der Waals surface area contributed by atoms with Gasteiger partial charge in [0.2, 0.25) is 0 Å². The highest BCUT2D eigenvalue weighted by molar-refractivity contribution is 5.50. The van der Waals surface area contributed by atoms with Crippen molar-refractivity contribution in [3.63, 3.8) is 0 Å². The summed E-state index contributed by atoms with van der Waals surface area (Å²) in [5.74, 6) is 1.74. The lowest BCUT2D eigenvalue weighted by Crippen LogP contribution is -2.19. The fourth-order valence-corrected chi connectivity index (χ4v) is 2.45. The minimum absolute atomic E-state index is 0.697. The van der Waals surface area contributed by atoms with Crippen LogP contribution in [0, 0.1) is 20.8 Å². The normalized spacial score (nSPS) is 10.5. The molecule has 0 radical (unpaired) electrons. The number of nitrogens with one attached hydrogen (secondary N) is 1. The Kier molecular flexibility index (Phi) is 4.78. The van der Waals surface area contributed by atoms with Crippen LogP contribution in [0.5, 0.6) is 0 Å². The Labute approximate surface area is 127 Å². The third kappa shape index (κ3) is 4.18. The first-order valence-corrected chi connectivity index (χ1v) is 7.36. The van der Waals surface area contributed by atoms with Gasteiger partial charge in [0, 0.05) is 31.0 Å². The summed E-state index contributed by atoms with van der Waals surface area (Å²) in [4.78, 5) is 11.3. The van der Waals surface area contributed by atoms with Gasteiger partial charge >= 0.3 is 0 Å². The van der Waals surface area contributed by atoms with Crippen molar-refractivity contribution >= 4 is 11.5 Å². The lowest BCUT2D eigenvalue weighted by atomic mass is 10.1. The number of aryl methyl sites for hydroxylation is 3. The van der Waals surface area contributed by atoms with Crippen LogP contribution >= 0.6 is 0 Å². The Morgan fingerprint density at radius 3 is 2.29 bits per heavy atom. The van der Waals surface area contributed by atoms with Gasteiger partial charge in [-0.2, -0.15) is 0 Å². The zero-order valence-corrected chi connectivity index (χ0v) is 13.6. The number of aromatic nitrogens is 2. The highest BCUT2D eigenvalue weighted by Gasteiger charge is 2.07. The maximum absolute atomic E-state index is 4.57. The summed E-state index contributed by atoms with van der Waals surface area (Å²) in [6.07, 6.45) is 0. The second-order valence-electron chi connectivity index (χ2n) is 5.54. The molecule has 1 aromatic carbocycles. The molecule has 4 nitrogen and oxygen atoms in total. The smallest absolute Gasteiger partial charge is 0.150 e. The van der Waals surface area contributed by atoms with Crippen molar-refractivity contribution in [2.75, 3.05) is 23.8 Å². The SMILES string of the molecule is CCNc1cc(C)nc(CN(C)c2cc(C)cc(C)c2)n1. The second-order valence-corrected chi connectivity index (χ2v) is 5.54. The number of hydrogen-bond acceptors (Lipinski definition) is 4. The first kappa shape index (κ1) is 15.3. The van der Waals surface area contributed by atoms with E-state index in [1.165, 1.54) is 16.8 Å². The summed E-state index contributed by atoms with van der Waals surface area (Å²) in [5, 5.41) is 3.25. The molecule has 112 valence electrons. The topological polar surface area (TPSA) is 41.1 Å². The van der Waals surface area contributed by atoms with E-state index >= 15 is 0 Å². The van der Waals surface area contributed by atoms with Crippen LogP contribution in [0.1, 0.15) is 29.6 Å². The lowest BCUT2D eigenvalue weighted by molar-refractivity contribution is 0.827. The van der Waals surface area contributed by atoms with Gasteiger partial charge < -0.3 is 10.2 Å². The average Bonchev–Trinajstić information content (AvgIpc) is 2.37. The van der Waals surface area contributed by atoms with Crippen molar-refractivity contribution in [1.82, 2.24) is 9.97 Å². The van der Waals surface area contributed by atoms with Crippen LogP contribution < -0.4 is 10.2 Å². The second kappa shape index (κ2) is 6.57. The summed E-state index contributed by atoms with van der Waals surface area (Å²) >= 11 is 0. The number of benzene rings is 1. The molecule has 2 rings (SSSR count). The molecule has 0 amide bonds. The maximum atomic E-state index is 4.57. The van der Waals surface area contributed by atoms with E-state index in [0.29, 0.717) is 6.54 Å². The number of rotatable bonds is 5. The highest BCUT2D eigenvalue weighted by Crippen LogP contribution is 2.19. The molecule has 0 aliphatic heterocycles. The van der Waals surface area contributed by atoms with Gasteiger partial charge in [0.1, 0.15) is 11.6 Å². The summed E-state index contributed by atoms with van der Waals surface area (Å²) in [7, 11) is 2.08. The van der Waals surface area contributed by atoms with Crippen molar-refractivity contribution in [3.05, 3.63) is 46.9 Å². The Hall–Kier alpha value is -2.10. The van der Waals surface area contributed by atoms with Gasteiger partial charge in [0.05, 0.1) is 6.54 Å². The Balaban J connectivity index is 2.20. The van der Waals surface area contributed by atoms with E-state index in [1.807, 2.05) is 13.0 Å². The summed E-state index contributed by atoms with van der Waals surface area (Å²) in [5.41, 5.74) is 4.73. The van der Waals surface area contributed by atoms with Gasteiger partial charge in [-0.05, 0) is 51.0 Å². The molecule has 0 aliphatic carbocycles. The van der Waals surface area contributed by atoms with E-state index in [9.17, 15) is 0 Å². The predicted molar refractivity (Wildman–Crippen MR) is 89.0 cm³/mol. The van der Waals surface area contributed by atoms with Crippen LogP contribution in [0.3, 0.4) is 0 Å². The molecule has 21 heavy (non-hydrogen) atoms. The van der Waals surface area contributed by atoms with E-state index in [-0.39, 0.29) is 0 Å². The zero-order chi connectivity index (χ0) is 15.4. The summed E-state index contributed by atoms with van der Waals surface area (Å²) in [6.45, 7) is 9.88. The third-order valence-electron chi connectivity index (χ3n) is 3.28. The third-order valence-corrected chi connectivity index (χ3v) is 3.28. The van der Waals surface area contributed by atoms with Gasteiger partial charge in [-0.25, -0.2) is 9.97 Å². The number of hydrogen-bond donors (Lipinski definition) is 1. The van der Waals surface area contributed by atoms with E-state index in [1.54, 1.807) is 0 Å². The molecule has 0 aliphatic rings. The van der Waals surface area contributed by atoms with Gasteiger partial charge in [0.25, 0.3) is 0 Å². The van der Waals surface area contributed by atoms with Crippen LogP contribution in [0.4, 0.5) is 11.5 Å². The van der Waals surface area contributed by atoms with Crippen molar-refractivity contribution in [3.8, 4) is 0 Å². The Bertz CT molecular complexity index is 602. The molecule has 0 saturated carbocycles. The molecule has 0 unspecified atom stereocenters. The van der Waals surface area contributed by atoms with Crippen LogP contribution in [-0.4, -0.2) is 23.6 Å². The zero-order valence-electron chi connectivity index (χ0n) is 13.6. The molecule has 4 heteroatoms. The monoisotopic (exact) mass is 284 g/mol. The van der Waals surface area contributed by atoms with Gasteiger partial charge in [-0.15, -0.1) is 0 Å². The maximum Gasteiger partial charge on any atom is 0.150 e. The highest BCUT2D eigenvalue weighted by atomic mass is 15.1. The molecule has 0 spiro atoms. The van der Waals surface area contributed by atoms with Crippen LogP contribution in [0.15, 0.2) is 24.3 Å². The largest absolute Gasteiger partial charge is 0.370 e. The Morgan fingerprint density at radius 1 is 1.00 bits per heavy atom. The molecule has 0 saturated heterocycles. The fourth-order valence-electron chi connectivity index (χ4n) is 2.45. The van der Waals surface area contributed by atoms with Gasteiger partial charge in [-0.3, -0.25) is 0 Å². The minimum Gasteiger partial charge on any atom is -0.370 e. The van der Waals surface area contributed by atoms with Crippen molar-refractivity contribution in [1.29, 1.82) is 0 Å². The molecule has 1 heterocycles. The number of anilines is 2. The molecule has 0 fully saturated rings. The lowest BCUT2D eigenvalue weighted by Gasteiger charge is -2.20. The van der Waals surface area contributed by atoms with E-state index in [2.05, 4.69) is 66.2 Å². The van der Waals surface area contributed by atoms with Crippen molar-refractivity contribution < 1.29 is 0 Å². The molecule has 0 bridgehead atoms. The molecular formula is C17H24N4. The van der Waals surface area contributed by atoms with Crippen LogP contribution in [-0.2, 0) is 6.54 Å². The Morgan fingerprint density at radius 2 is 1.67 bits per heavy atom. The molecule has 1 aromatic heterocycles. The van der Waals surface area contributed by atoms with Gasteiger partial charge in [0.15, 0.2) is 0 Å². The quantitative estimate of drug-likeness (QED) is 0.912. The van der Waals surface area contributed by atoms with Crippen molar-refractivity contribution in [2.24, 2.45) is 0 Å². The van der Waals surface area contributed by atoms with Crippen molar-refractivity contribution in [2.45, 2.75) is 34.2 Å². The predicted octanol–water partition coefficient (Wildman–Crippen LogP) is 3.47. The first-order chi connectivity index (χ1) is 9.97. The molecular weight excluding hydrogens is 260 g/mol. The number of nitrogens with zero attached hydrogens (tertiary/aromatic N) is 3. The van der Waals surface area contributed by atoms with E-state index in [0.717, 1.165) is 23.9 Å². The average molecular weight is 284 g/mol. The molecule has 1 N–H and O–H groups in total. The minimum atomic E-state index is 0.697. The van der Waals surface area contributed by atoms with Gasteiger partial charge in [-0.1, -0.05) is 6.07 Å². The van der Waals surface area contributed by atoms with Crippen LogP contribution in [0.25, 0.3) is 0 Å². The fraction of sp³-hybridized carbons (Fsp3) is 0.412. The first-order valence-electron chi connectivity index (χ1n) is 7.36. The molecule has 0 atom stereocenters. The standard InChI is InChI=1S/C17H24N4/c1-6-18-16-10-14(4)19-17(20-16)11-21(5)15-8-12(2)7-13(3)9-15/h7-10H,6,11H2,1-5H3,(H,18,19,20). The van der Waals surface area contributed by atoms with E-state index < -0.39 is 0 Å².